The van der Waals surface area contributed by atoms with E-state index in [2.05, 4.69) is 11.6 Å². The Hall–Kier alpha value is -1.81. The number of allylic oxidation sites excluding steroid dienone is 2. The molecule has 1 saturated heterocycles. The Morgan fingerprint density at radius 3 is 3.03 bits per heavy atom. The van der Waals surface area contributed by atoms with Crippen LogP contribution in [-0.4, -0.2) is 40.9 Å². The van der Waals surface area contributed by atoms with Gasteiger partial charge < -0.3 is 9.47 Å². The average Bonchev–Trinajstić information content (AvgIpc) is 3.16. The standard InChI is InChI=1S/C18H23N2O7PS/c1-4-5-14(23-3)17-12(2)10-24-28(22,27-17)25-11-13-6-7-16(26-13)20-9-8-15(21)19-18(20)29/h4-5,8-9,13,16,22H,1,6-7,10-11H2,2-3H3/p+1/b14-5+. The van der Waals surface area contributed by atoms with Crippen molar-refractivity contribution in [3.8, 4) is 0 Å². The third kappa shape index (κ3) is 5.22. The molecular weight excluding hydrogens is 419 g/mol. The van der Waals surface area contributed by atoms with E-state index in [1.807, 2.05) is 6.92 Å². The first-order chi connectivity index (χ1) is 13.8. The number of methoxy groups -OCH3 is 1. The molecule has 29 heavy (non-hydrogen) atoms. The van der Waals surface area contributed by atoms with Crippen LogP contribution in [0.25, 0.3) is 0 Å². The summed E-state index contributed by atoms with van der Waals surface area (Å²) in [5.74, 6) is 0.798. The lowest BCUT2D eigenvalue weighted by Gasteiger charge is -2.24. The van der Waals surface area contributed by atoms with Crippen LogP contribution in [0.3, 0.4) is 0 Å². The first kappa shape index (κ1) is 21.9. The highest BCUT2D eigenvalue weighted by molar-refractivity contribution is 7.71. The van der Waals surface area contributed by atoms with E-state index in [9.17, 15) is 9.69 Å². The van der Waals surface area contributed by atoms with Gasteiger partial charge in [-0.3, -0.25) is 18.9 Å². The van der Waals surface area contributed by atoms with Crippen LogP contribution in [-0.2, 0) is 23.0 Å². The van der Waals surface area contributed by atoms with Crippen molar-refractivity contribution in [2.45, 2.75) is 32.1 Å². The van der Waals surface area contributed by atoms with Crippen molar-refractivity contribution in [1.82, 2.24) is 9.55 Å². The summed E-state index contributed by atoms with van der Waals surface area (Å²) >= 11 is 5.17. The topological polar surface area (TPSA) is 104 Å². The van der Waals surface area contributed by atoms with Gasteiger partial charge in [0.1, 0.15) is 19.4 Å². The van der Waals surface area contributed by atoms with E-state index in [-0.39, 0.29) is 31.1 Å². The average molecular weight is 443 g/mol. The molecule has 3 heterocycles. The molecule has 9 nitrogen and oxygen atoms in total. The van der Waals surface area contributed by atoms with E-state index >= 15 is 0 Å². The molecule has 1 aromatic rings. The Morgan fingerprint density at radius 2 is 2.34 bits per heavy atom. The van der Waals surface area contributed by atoms with Crippen LogP contribution in [0.4, 0.5) is 0 Å². The second-order valence-electron chi connectivity index (χ2n) is 6.52. The van der Waals surface area contributed by atoms with E-state index in [0.29, 0.717) is 29.1 Å². The largest absolute Gasteiger partial charge is 0.619 e. The van der Waals surface area contributed by atoms with Crippen molar-refractivity contribution in [1.29, 1.82) is 0 Å². The Labute approximate surface area is 173 Å². The van der Waals surface area contributed by atoms with Crippen LogP contribution in [0, 0.1) is 4.77 Å². The predicted molar refractivity (Wildman–Crippen MR) is 109 cm³/mol. The summed E-state index contributed by atoms with van der Waals surface area (Å²) in [7, 11) is -2.07. The molecule has 0 amide bonds. The summed E-state index contributed by atoms with van der Waals surface area (Å²) in [6.45, 7) is 5.68. The van der Waals surface area contributed by atoms with Crippen molar-refractivity contribution in [2.75, 3.05) is 20.3 Å². The predicted octanol–water partition coefficient (Wildman–Crippen LogP) is 3.31. The van der Waals surface area contributed by atoms with Crippen molar-refractivity contribution in [3.63, 3.8) is 0 Å². The minimum atomic E-state index is -3.58. The van der Waals surface area contributed by atoms with Gasteiger partial charge in [0.25, 0.3) is 5.56 Å². The van der Waals surface area contributed by atoms with E-state index < -0.39 is 8.17 Å². The van der Waals surface area contributed by atoms with Gasteiger partial charge in [-0.1, -0.05) is 12.7 Å². The van der Waals surface area contributed by atoms with Crippen LogP contribution in [0.2, 0.25) is 0 Å². The smallest absolute Gasteiger partial charge is 0.493 e. The number of rotatable bonds is 7. The molecule has 3 rings (SSSR count). The molecule has 0 bridgehead atoms. The van der Waals surface area contributed by atoms with E-state index in [0.717, 1.165) is 5.57 Å². The summed E-state index contributed by atoms with van der Waals surface area (Å²) in [6, 6.07) is 1.39. The number of nitrogens with one attached hydrogen (secondary N) is 1. The van der Waals surface area contributed by atoms with Crippen LogP contribution < -0.4 is 5.56 Å². The summed E-state index contributed by atoms with van der Waals surface area (Å²) in [5.41, 5.74) is 0.501. The van der Waals surface area contributed by atoms with Crippen LogP contribution in [0.5, 0.6) is 0 Å². The molecular formula is C18H24N2O7PS+. The lowest BCUT2D eigenvalue weighted by atomic mass is 10.2. The molecule has 2 aliphatic heterocycles. The summed E-state index contributed by atoms with van der Waals surface area (Å²) in [5, 5.41) is 0. The zero-order valence-corrected chi connectivity index (χ0v) is 17.9. The van der Waals surface area contributed by atoms with Gasteiger partial charge >= 0.3 is 8.17 Å². The number of ether oxygens (including phenoxy) is 2. The molecule has 1 fully saturated rings. The minimum absolute atomic E-state index is 0.0806. The van der Waals surface area contributed by atoms with Gasteiger partial charge in [0.15, 0.2) is 10.5 Å². The summed E-state index contributed by atoms with van der Waals surface area (Å²) in [4.78, 5) is 24.6. The van der Waals surface area contributed by atoms with Gasteiger partial charge in [-0.15, -0.1) is 9.05 Å². The van der Waals surface area contributed by atoms with E-state index in [1.54, 1.807) is 22.9 Å². The maximum absolute atomic E-state index is 11.3. The highest BCUT2D eigenvalue weighted by atomic mass is 32.1. The molecule has 2 N–H and O–H groups in total. The fourth-order valence-electron chi connectivity index (χ4n) is 2.97. The zero-order valence-electron chi connectivity index (χ0n) is 16.2. The number of hydrogen-bond donors (Lipinski definition) is 2. The van der Waals surface area contributed by atoms with Gasteiger partial charge in [0.2, 0.25) is 5.76 Å². The van der Waals surface area contributed by atoms with Gasteiger partial charge in [0.05, 0.1) is 13.2 Å². The van der Waals surface area contributed by atoms with Crippen molar-refractivity contribution in [3.05, 3.63) is 63.2 Å². The third-order valence-corrected chi connectivity index (χ3v) is 6.08. The second kappa shape index (κ2) is 9.34. The molecule has 0 saturated carbocycles. The molecule has 0 aliphatic carbocycles. The van der Waals surface area contributed by atoms with E-state index in [1.165, 1.54) is 13.2 Å². The fraction of sp³-hybridized carbons (Fsp3) is 0.444. The van der Waals surface area contributed by atoms with Gasteiger partial charge in [-0.25, -0.2) is 0 Å². The van der Waals surface area contributed by atoms with Crippen LogP contribution in [0.1, 0.15) is 26.0 Å². The normalized spacial score (nSPS) is 27.6. The number of H-pyrrole nitrogens is 1. The number of aromatic amines is 1. The summed E-state index contributed by atoms with van der Waals surface area (Å²) in [6.07, 6.45) is 5.56. The maximum atomic E-state index is 11.3. The summed E-state index contributed by atoms with van der Waals surface area (Å²) < 4.78 is 29.9. The quantitative estimate of drug-likeness (QED) is 0.286. The van der Waals surface area contributed by atoms with Crippen molar-refractivity contribution >= 4 is 20.4 Å². The highest BCUT2D eigenvalue weighted by Gasteiger charge is 2.52. The Bertz CT molecular complexity index is 941. The number of aromatic nitrogens is 2. The molecule has 3 atom stereocenters. The monoisotopic (exact) mass is 443 g/mol. The Balaban J connectivity index is 1.61. The fourth-order valence-corrected chi connectivity index (χ4v) is 4.62. The molecule has 158 valence electrons. The molecule has 0 aromatic carbocycles. The number of hydrogen-bond acceptors (Lipinski definition) is 8. The molecule has 11 heteroatoms. The van der Waals surface area contributed by atoms with Crippen molar-refractivity contribution < 1.29 is 27.9 Å². The molecule has 0 spiro atoms. The highest BCUT2D eigenvalue weighted by Crippen LogP contribution is 2.63. The third-order valence-electron chi connectivity index (χ3n) is 4.42. The lowest BCUT2D eigenvalue weighted by molar-refractivity contribution is -0.0307. The zero-order chi connectivity index (χ0) is 21.0. The molecule has 2 aliphatic rings. The molecule has 3 unspecified atom stereocenters. The molecule has 1 aromatic heterocycles. The van der Waals surface area contributed by atoms with Gasteiger partial charge in [-0.2, -0.15) is 4.89 Å². The first-order valence-corrected chi connectivity index (χ1v) is 10.9. The lowest BCUT2D eigenvalue weighted by Crippen LogP contribution is -2.22. The molecule has 0 radical (unpaired) electrons. The van der Waals surface area contributed by atoms with Gasteiger partial charge in [0, 0.05) is 17.8 Å². The first-order valence-electron chi connectivity index (χ1n) is 8.99. The second-order valence-corrected chi connectivity index (χ2v) is 8.54. The SMILES string of the molecule is C=C/C=C(/OC)C1=C(C)CO[P+](O)(OCC2CCC(n3ccc(=O)[nH]c3=S)O2)O1. The Kier molecular flexibility index (Phi) is 7.05. The minimum Gasteiger partial charge on any atom is -0.493 e. The van der Waals surface area contributed by atoms with Crippen LogP contribution in [0.15, 0.2) is 52.9 Å². The Morgan fingerprint density at radius 1 is 1.55 bits per heavy atom. The van der Waals surface area contributed by atoms with Crippen LogP contribution >= 0.6 is 20.4 Å². The van der Waals surface area contributed by atoms with Crippen molar-refractivity contribution in [2.24, 2.45) is 0 Å². The number of nitrogens with zero attached hydrogens (tertiary/aromatic N) is 1. The van der Waals surface area contributed by atoms with Gasteiger partial charge in [-0.05, 0) is 38.1 Å². The maximum Gasteiger partial charge on any atom is 0.619 e. The van der Waals surface area contributed by atoms with E-state index in [4.69, 9.17) is 35.3 Å².